The molecule has 0 unspecified atom stereocenters. The number of benzene rings is 2. The molecule has 1 fully saturated rings. The van der Waals surface area contributed by atoms with Gasteiger partial charge in [0.2, 0.25) is 12.5 Å². The molecule has 2 aromatic rings. The number of carbonyl (C=O) groups excluding carboxylic acids is 1. The zero-order valence-corrected chi connectivity index (χ0v) is 17.8. The molecule has 2 aliphatic heterocycles. The molecule has 0 spiro atoms. The van der Waals surface area contributed by atoms with Crippen LogP contribution in [0, 0.1) is 11.8 Å². The lowest BCUT2D eigenvalue weighted by atomic mass is 9.66. The zero-order chi connectivity index (χ0) is 21.7. The van der Waals surface area contributed by atoms with Crippen LogP contribution in [0.2, 0.25) is 0 Å². The molecule has 0 aromatic heterocycles. The van der Waals surface area contributed by atoms with E-state index < -0.39 is 5.92 Å². The minimum Gasteiger partial charge on any atom is -0.493 e. The van der Waals surface area contributed by atoms with Crippen molar-refractivity contribution in [3.05, 3.63) is 41.0 Å². The third-order valence-electron chi connectivity index (χ3n) is 6.42. The van der Waals surface area contributed by atoms with Crippen LogP contribution in [-0.4, -0.2) is 47.8 Å². The second-order valence-electron chi connectivity index (χ2n) is 7.75. The van der Waals surface area contributed by atoms with Gasteiger partial charge in [-0.1, -0.05) is 0 Å². The number of hydrogen-bond acceptors (Lipinski definition) is 8. The van der Waals surface area contributed by atoms with Crippen molar-refractivity contribution in [2.45, 2.75) is 12.0 Å². The standard InChI is InChI=1S/C23H24O8/c1-25-17-5-11(6-18(26-2)22(17)28-4)19-12-7-15-16(31-10-30-15)8-13(12)21(27-3)14-9-29-23(24)20(14)19/h5-8,14,19-21H,9-10H2,1-4H3/t14-,19+,20+,21-/m0/s1. The molecule has 0 radical (unpaired) electrons. The molecule has 2 aromatic carbocycles. The maximum absolute atomic E-state index is 12.9. The Hall–Kier alpha value is -3.13. The predicted octanol–water partition coefficient (Wildman–Crippen LogP) is 3.06. The fraction of sp³-hybridized carbons (Fsp3) is 0.435. The fourth-order valence-corrected chi connectivity index (χ4v) is 5.09. The summed E-state index contributed by atoms with van der Waals surface area (Å²) in [6.07, 6.45) is -0.292. The number of methoxy groups -OCH3 is 4. The molecule has 8 nitrogen and oxygen atoms in total. The van der Waals surface area contributed by atoms with Crippen molar-refractivity contribution in [2.24, 2.45) is 11.8 Å². The maximum atomic E-state index is 12.9. The van der Waals surface area contributed by atoms with Crippen molar-refractivity contribution in [2.75, 3.05) is 41.8 Å². The highest BCUT2D eigenvalue weighted by molar-refractivity contribution is 5.79. The smallest absolute Gasteiger partial charge is 0.310 e. The number of cyclic esters (lactones) is 1. The summed E-state index contributed by atoms with van der Waals surface area (Å²) in [5.74, 6) is 1.78. The van der Waals surface area contributed by atoms with Gasteiger partial charge >= 0.3 is 5.97 Å². The highest BCUT2D eigenvalue weighted by Gasteiger charge is 2.53. The largest absolute Gasteiger partial charge is 0.493 e. The minimum absolute atomic E-state index is 0.130. The van der Waals surface area contributed by atoms with Crippen LogP contribution in [0.25, 0.3) is 0 Å². The van der Waals surface area contributed by atoms with Crippen molar-refractivity contribution in [1.82, 2.24) is 0 Å². The second-order valence-corrected chi connectivity index (χ2v) is 7.75. The Morgan fingerprint density at radius 3 is 2.06 bits per heavy atom. The van der Waals surface area contributed by atoms with Crippen LogP contribution >= 0.6 is 0 Å². The first kappa shape index (κ1) is 19.8. The zero-order valence-electron chi connectivity index (χ0n) is 17.8. The lowest BCUT2D eigenvalue weighted by Gasteiger charge is -2.38. The van der Waals surface area contributed by atoms with Gasteiger partial charge in [0, 0.05) is 18.9 Å². The Kier molecular flexibility index (Phi) is 4.81. The summed E-state index contributed by atoms with van der Waals surface area (Å²) in [4.78, 5) is 12.9. The third-order valence-corrected chi connectivity index (χ3v) is 6.42. The monoisotopic (exact) mass is 428 g/mol. The van der Waals surface area contributed by atoms with Crippen molar-refractivity contribution in [1.29, 1.82) is 0 Å². The number of fused-ring (bicyclic) bond motifs is 3. The molecule has 4 atom stereocenters. The number of ether oxygens (including phenoxy) is 7. The van der Waals surface area contributed by atoms with E-state index in [1.54, 1.807) is 28.4 Å². The summed E-state index contributed by atoms with van der Waals surface area (Å²) in [5.41, 5.74) is 2.76. The van der Waals surface area contributed by atoms with Gasteiger partial charge in [-0.15, -0.1) is 0 Å². The summed E-state index contributed by atoms with van der Waals surface area (Å²) in [7, 11) is 6.35. The van der Waals surface area contributed by atoms with Gasteiger partial charge in [0.1, 0.15) is 0 Å². The van der Waals surface area contributed by atoms with E-state index in [1.807, 2.05) is 24.3 Å². The van der Waals surface area contributed by atoms with Gasteiger partial charge in [-0.3, -0.25) is 4.79 Å². The molecule has 8 heteroatoms. The molecular formula is C23H24O8. The maximum Gasteiger partial charge on any atom is 0.310 e. The van der Waals surface area contributed by atoms with Gasteiger partial charge in [0.15, 0.2) is 23.0 Å². The van der Waals surface area contributed by atoms with Crippen molar-refractivity contribution in [3.63, 3.8) is 0 Å². The van der Waals surface area contributed by atoms with Crippen LogP contribution < -0.4 is 23.7 Å². The third kappa shape index (κ3) is 2.89. The molecule has 0 amide bonds. The van der Waals surface area contributed by atoms with E-state index in [1.165, 1.54) is 0 Å². The molecule has 0 bridgehead atoms. The van der Waals surface area contributed by atoms with Gasteiger partial charge in [-0.25, -0.2) is 0 Å². The van der Waals surface area contributed by atoms with Crippen LogP contribution in [-0.2, 0) is 14.3 Å². The lowest BCUT2D eigenvalue weighted by molar-refractivity contribution is -0.141. The first-order chi connectivity index (χ1) is 15.1. The molecule has 1 saturated heterocycles. The number of hydrogen-bond donors (Lipinski definition) is 0. The van der Waals surface area contributed by atoms with E-state index in [9.17, 15) is 4.79 Å². The van der Waals surface area contributed by atoms with Crippen molar-refractivity contribution < 1.29 is 38.0 Å². The molecular weight excluding hydrogens is 404 g/mol. The summed E-state index contributed by atoms with van der Waals surface area (Å²) in [6, 6.07) is 7.67. The molecule has 0 N–H and O–H groups in total. The fourth-order valence-electron chi connectivity index (χ4n) is 5.09. The van der Waals surface area contributed by atoms with Crippen molar-refractivity contribution >= 4 is 5.97 Å². The van der Waals surface area contributed by atoms with Gasteiger partial charge in [0.25, 0.3) is 0 Å². The van der Waals surface area contributed by atoms with E-state index in [0.717, 1.165) is 16.7 Å². The minimum atomic E-state index is -0.416. The van der Waals surface area contributed by atoms with Crippen LogP contribution in [0.3, 0.4) is 0 Å². The molecule has 3 aliphatic rings. The highest BCUT2D eigenvalue weighted by Crippen LogP contribution is 2.56. The van der Waals surface area contributed by atoms with E-state index in [2.05, 4.69) is 0 Å². The Labute approximate surface area is 179 Å². The van der Waals surface area contributed by atoms with Crippen LogP contribution in [0.4, 0.5) is 0 Å². The summed E-state index contributed by atoms with van der Waals surface area (Å²) in [5, 5.41) is 0. The van der Waals surface area contributed by atoms with Crippen LogP contribution in [0.1, 0.15) is 28.7 Å². The van der Waals surface area contributed by atoms with E-state index >= 15 is 0 Å². The van der Waals surface area contributed by atoms with Crippen LogP contribution in [0.5, 0.6) is 28.7 Å². The second kappa shape index (κ2) is 7.53. The highest BCUT2D eigenvalue weighted by atomic mass is 16.7. The number of rotatable bonds is 5. The normalized spacial score (nSPS) is 25.5. The molecule has 31 heavy (non-hydrogen) atoms. The number of esters is 1. The van der Waals surface area contributed by atoms with Crippen LogP contribution in [0.15, 0.2) is 24.3 Å². The van der Waals surface area contributed by atoms with E-state index in [0.29, 0.717) is 35.4 Å². The average Bonchev–Trinajstić information content (AvgIpc) is 3.41. The predicted molar refractivity (Wildman–Crippen MR) is 108 cm³/mol. The molecule has 5 rings (SSSR count). The topological polar surface area (TPSA) is 81.7 Å². The van der Waals surface area contributed by atoms with E-state index in [-0.39, 0.29) is 30.7 Å². The first-order valence-electron chi connectivity index (χ1n) is 10.0. The molecule has 1 aliphatic carbocycles. The molecule has 2 heterocycles. The summed E-state index contributed by atoms with van der Waals surface area (Å²) >= 11 is 0. The quantitative estimate of drug-likeness (QED) is 0.672. The van der Waals surface area contributed by atoms with E-state index in [4.69, 9.17) is 33.2 Å². The van der Waals surface area contributed by atoms with Gasteiger partial charge in [0.05, 0.1) is 40.0 Å². The first-order valence-corrected chi connectivity index (χ1v) is 10.0. The van der Waals surface area contributed by atoms with Crippen molar-refractivity contribution in [3.8, 4) is 28.7 Å². The van der Waals surface area contributed by atoms with Gasteiger partial charge in [-0.2, -0.15) is 0 Å². The molecule has 164 valence electrons. The SMILES string of the molecule is COc1cc([C@@H]2c3cc4c(cc3[C@H](OC)[C@H]3COC(=O)[C@@H]23)OCO4)cc(OC)c1OC. The Morgan fingerprint density at radius 1 is 0.839 bits per heavy atom. The molecule has 0 saturated carbocycles. The summed E-state index contributed by atoms with van der Waals surface area (Å²) in [6.45, 7) is 0.469. The average molecular weight is 428 g/mol. The van der Waals surface area contributed by atoms with Gasteiger partial charge < -0.3 is 33.2 Å². The Balaban J connectivity index is 1.75. The lowest BCUT2D eigenvalue weighted by Crippen LogP contribution is -2.35. The Morgan fingerprint density at radius 2 is 1.48 bits per heavy atom. The van der Waals surface area contributed by atoms with Gasteiger partial charge in [-0.05, 0) is 41.0 Å². The number of carbonyl (C=O) groups is 1. The summed E-state index contributed by atoms with van der Waals surface area (Å²) < 4.78 is 39.2. The Bertz CT molecular complexity index is 1010.